The summed E-state index contributed by atoms with van der Waals surface area (Å²) in [5.41, 5.74) is 4.47. The molecular weight excluding hydrogens is 350 g/mol. The molecule has 1 saturated heterocycles. The summed E-state index contributed by atoms with van der Waals surface area (Å²) in [6.45, 7) is 6.70. The van der Waals surface area contributed by atoms with Crippen LogP contribution in [0.2, 0.25) is 0 Å². The summed E-state index contributed by atoms with van der Waals surface area (Å²) in [4.78, 5) is 27.5. The highest BCUT2D eigenvalue weighted by Crippen LogP contribution is 2.53. The van der Waals surface area contributed by atoms with E-state index in [2.05, 4.69) is 36.1 Å². The van der Waals surface area contributed by atoms with Gasteiger partial charge in [-0.05, 0) is 49.0 Å². The molecule has 1 saturated carbocycles. The summed E-state index contributed by atoms with van der Waals surface area (Å²) in [6, 6.07) is 8.59. The molecule has 2 aliphatic carbocycles. The molecule has 0 spiro atoms. The fraction of sp³-hybridized carbons (Fsp3) is 0.500. The molecule has 1 aromatic carbocycles. The Morgan fingerprint density at radius 1 is 1.21 bits per heavy atom. The molecule has 28 heavy (non-hydrogen) atoms. The maximum atomic E-state index is 12.9. The summed E-state index contributed by atoms with van der Waals surface area (Å²) >= 11 is 0. The highest BCUT2D eigenvalue weighted by Gasteiger charge is 2.54. The van der Waals surface area contributed by atoms with Crippen LogP contribution in [0.3, 0.4) is 0 Å². The van der Waals surface area contributed by atoms with Crippen LogP contribution in [-0.2, 0) is 27.3 Å². The first kappa shape index (κ1) is 17.9. The Morgan fingerprint density at radius 3 is 2.82 bits per heavy atom. The standard InChI is InChI=1S/C24H27NO3/c1-15-20(26)8-11-24(2)10-7-18-19(23(27)28-22(18)21(15)24)14-25-12-9-16-5-3-4-6-17(16)13-25/h3-6,8,11,18-19,22H,7,9-10,12-14H2,1-2H3/t18-,19-,22-,24-/m0/s1. The van der Waals surface area contributed by atoms with Crippen molar-refractivity contribution in [3.05, 3.63) is 58.7 Å². The largest absolute Gasteiger partial charge is 0.457 e. The molecule has 0 amide bonds. The van der Waals surface area contributed by atoms with Crippen LogP contribution in [0.4, 0.5) is 0 Å². The van der Waals surface area contributed by atoms with Gasteiger partial charge in [-0.3, -0.25) is 14.5 Å². The zero-order valence-corrected chi connectivity index (χ0v) is 16.6. The normalized spacial score (nSPS) is 34.7. The number of ether oxygens (including phenoxy) is 1. The molecule has 2 fully saturated rings. The van der Waals surface area contributed by atoms with Gasteiger partial charge in [-0.2, -0.15) is 0 Å². The molecule has 5 rings (SSSR count). The van der Waals surface area contributed by atoms with Gasteiger partial charge in [0.1, 0.15) is 6.10 Å². The number of rotatable bonds is 2. The third-order valence-electron chi connectivity index (χ3n) is 7.39. The molecule has 4 atom stereocenters. The number of nitrogens with zero attached hydrogens (tertiary/aromatic N) is 1. The zero-order chi connectivity index (χ0) is 19.5. The van der Waals surface area contributed by atoms with Gasteiger partial charge in [0.2, 0.25) is 0 Å². The van der Waals surface area contributed by atoms with Crippen molar-refractivity contribution in [2.75, 3.05) is 13.1 Å². The lowest BCUT2D eigenvalue weighted by Gasteiger charge is -2.43. The number of fused-ring (bicyclic) bond motifs is 4. The van der Waals surface area contributed by atoms with E-state index >= 15 is 0 Å². The van der Waals surface area contributed by atoms with Crippen LogP contribution in [0.5, 0.6) is 0 Å². The molecule has 4 heteroatoms. The second-order valence-electron chi connectivity index (χ2n) is 9.07. The number of carbonyl (C=O) groups excluding carboxylic acids is 2. The molecule has 146 valence electrons. The average Bonchev–Trinajstić information content (AvgIpc) is 3.00. The first-order valence-electron chi connectivity index (χ1n) is 10.4. The Balaban J connectivity index is 1.38. The van der Waals surface area contributed by atoms with Crippen molar-refractivity contribution in [2.45, 2.75) is 45.8 Å². The van der Waals surface area contributed by atoms with Crippen LogP contribution >= 0.6 is 0 Å². The van der Waals surface area contributed by atoms with Crippen molar-refractivity contribution in [3.63, 3.8) is 0 Å². The second kappa shape index (κ2) is 6.41. The molecule has 2 aliphatic heterocycles. The first-order valence-corrected chi connectivity index (χ1v) is 10.4. The van der Waals surface area contributed by atoms with Crippen LogP contribution < -0.4 is 0 Å². The van der Waals surface area contributed by atoms with Crippen molar-refractivity contribution >= 4 is 11.8 Å². The molecule has 0 N–H and O–H groups in total. The second-order valence-corrected chi connectivity index (χ2v) is 9.07. The predicted molar refractivity (Wildman–Crippen MR) is 106 cm³/mol. The van der Waals surface area contributed by atoms with E-state index in [-0.39, 0.29) is 35.1 Å². The average molecular weight is 377 g/mol. The van der Waals surface area contributed by atoms with Gasteiger partial charge in [0.25, 0.3) is 0 Å². The number of allylic oxidation sites excluding steroid dienone is 3. The number of hydrogen-bond donors (Lipinski definition) is 0. The van der Waals surface area contributed by atoms with Crippen molar-refractivity contribution < 1.29 is 14.3 Å². The van der Waals surface area contributed by atoms with E-state index in [0.717, 1.165) is 50.0 Å². The van der Waals surface area contributed by atoms with Gasteiger partial charge in [0.15, 0.2) is 5.78 Å². The minimum absolute atomic E-state index is 0.0558. The molecule has 4 nitrogen and oxygen atoms in total. The van der Waals surface area contributed by atoms with Gasteiger partial charge in [0.05, 0.1) is 5.92 Å². The van der Waals surface area contributed by atoms with E-state index in [1.807, 2.05) is 13.0 Å². The molecule has 2 heterocycles. The minimum Gasteiger partial charge on any atom is -0.457 e. The lowest BCUT2D eigenvalue weighted by atomic mass is 9.61. The van der Waals surface area contributed by atoms with E-state index < -0.39 is 0 Å². The van der Waals surface area contributed by atoms with Crippen molar-refractivity contribution in [1.29, 1.82) is 0 Å². The molecule has 4 aliphatic rings. The van der Waals surface area contributed by atoms with Crippen LogP contribution in [0.15, 0.2) is 47.6 Å². The third-order valence-corrected chi connectivity index (χ3v) is 7.39. The van der Waals surface area contributed by atoms with Crippen LogP contribution in [0.1, 0.15) is 37.8 Å². The molecule has 0 bridgehead atoms. The summed E-state index contributed by atoms with van der Waals surface area (Å²) < 4.78 is 5.93. The Hall–Kier alpha value is -2.20. The summed E-state index contributed by atoms with van der Waals surface area (Å²) in [5.74, 6) is 0.0591. The quantitative estimate of drug-likeness (QED) is 0.741. The smallest absolute Gasteiger partial charge is 0.311 e. The van der Waals surface area contributed by atoms with Crippen LogP contribution in [0.25, 0.3) is 0 Å². The maximum Gasteiger partial charge on any atom is 0.311 e. The lowest BCUT2D eigenvalue weighted by molar-refractivity contribution is -0.144. The van der Waals surface area contributed by atoms with E-state index in [4.69, 9.17) is 4.74 Å². The van der Waals surface area contributed by atoms with E-state index in [9.17, 15) is 9.59 Å². The van der Waals surface area contributed by atoms with Crippen molar-refractivity contribution in [3.8, 4) is 0 Å². The van der Waals surface area contributed by atoms with Crippen LogP contribution in [-0.4, -0.2) is 35.8 Å². The monoisotopic (exact) mass is 377 g/mol. The van der Waals surface area contributed by atoms with Gasteiger partial charge in [-0.15, -0.1) is 0 Å². The molecule has 0 radical (unpaired) electrons. The fourth-order valence-corrected chi connectivity index (χ4v) is 5.77. The van der Waals surface area contributed by atoms with E-state index in [1.165, 1.54) is 11.1 Å². The number of carbonyl (C=O) groups is 2. The molecular formula is C24H27NO3. The topological polar surface area (TPSA) is 46.6 Å². The number of benzene rings is 1. The Bertz CT molecular complexity index is 914. The van der Waals surface area contributed by atoms with Gasteiger partial charge in [0, 0.05) is 36.5 Å². The van der Waals surface area contributed by atoms with Gasteiger partial charge >= 0.3 is 5.97 Å². The number of hydrogen-bond acceptors (Lipinski definition) is 4. The van der Waals surface area contributed by atoms with Gasteiger partial charge in [-0.25, -0.2) is 0 Å². The first-order chi connectivity index (χ1) is 13.5. The molecule has 0 aromatic heterocycles. The highest BCUT2D eigenvalue weighted by molar-refractivity contribution is 6.05. The summed E-state index contributed by atoms with van der Waals surface area (Å²) in [6.07, 6.45) is 6.46. The molecule has 0 unspecified atom stereocenters. The SMILES string of the molecule is CC1=C2[C@H]3OC(=O)[C@@H](CN4CCc5ccccc5C4)[C@@H]3CC[C@@]2(C)C=CC1=O. The lowest BCUT2D eigenvalue weighted by Crippen LogP contribution is -2.42. The van der Waals surface area contributed by atoms with Crippen LogP contribution in [0, 0.1) is 17.3 Å². The maximum absolute atomic E-state index is 12.9. The number of ketones is 1. The predicted octanol–water partition coefficient (Wildman–Crippen LogP) is 3.46. The number of esters is 1. The van der Waals surface area contributed by atoms with E-state index in [0.29, 0.717) is 0 Å². The molecule has 1 aromatic rings. The Kier molecular flexibility index (Phi) is 4.09. The highest BCUT2D eigenvalue weighted by atomic mass is 16.6. The van der Waals surface area contributed by atoms with Crippen molar-refractivity contribution in [1.82, 2.24) is 4.90 Å². The summed E-state index contributed by atoms with van der Waals surface area (Å²) in [7, 11) is 0. The third kappa shape index (κ3) is 2.69. The zero-order valence-electron chi connectivity index (χ0n) is 16.6. The summed E-state index contributed by atoms with van der Waals surface area (Å²) in [5, 5.41) is 0. The Labute approximate surface area is 166 Å². The van der Waals surface area contributed by atoms with Gasteiger partial charge in [-0.1, -0.05) is 37.3 Å². The fourth-order valence-electron chi connectivity index (χ4n) is 5.77. The van der Waals surface area contributed by atoms with E-state index in [1.54, 1.807) is 6.08 Å². The van der Waals surface area contributed by atoms with Crippen molar-refractivity contribution in [2.24, 2.45) is 17.3 Å². The Morgan fingerprint density at radius 2 is 2.00 bits per heavy atom. The van der Waals surface area contributed by atoms with Gasteiger partial charge < -0.3 is 4.74 Å². The minimum atomic E-state index is -0.234.